The standard InChI is InChI=1S/C33H55N3O4SSi.C18H23BN2O4S.CH4.BBr3/c1-13-28(27-16-14-26(15-17-27)21-41(38,39)35(12)32(37)40-33(9,10)11)30-25(8)20-34-31-29(30)18-19-36(31)42(22(2)3,23(4)5)24(6)7;1-2-26(23,24)11-12-3-5-13(6-4-12)15-9-19(22)25-16-10-21-18-14(17(15)16)7-8-20-18;;2-1(3)4/h13,18-20,22-24,26-27H,14-17,21H2,1-12H3;7-10,12-13,22H,2-6,11H2,1H3,(H,20,21);1H4;. The highest BCUT2D eigenvalue weighted by molar-refractivity contribution is 9.69. The SMILES string of the molecule is BrB(Br)Br.C.CC=C(c1c(C)cnc2c1ccn2[Si](C(C)C)(C(C)C)C(C)C)C1CCC(CS(=O)(=O)N(C)C(=O)OC(C)(C)C)CC1.CCS(=O)(=O)CC1CCC(C2=CB(O)Oc3cnc4[nH]ccc4c32)CC1. The smallest absolute Gasteiger partial charge is 0.531 e. The fraction of sp³-hybridized carbons (Fsp3) is 0.635. The maximum absolute atomic E-state index is 13.0. The molecule has 5 heterocycles. The number of halogens is 3. The predicted octanol–water partition coefficient (Wildman–Crippen LogP) is 14.2. The summed E-state index contributed by atoms with van der Waals surface area (Å²) < 4.78 is 64.4. The number of aromatic amines is 1. The van der Waals surface area contributed by atoms with E-state index < -0.39 is 46.9 Å². The summed E-state index contributed by atoms with van der Waals surface area (Å²) >= 11 is 9.31. The van der Waals surface area contributed by atoms with Gasteiger partial charge < -0.3 is 23.6 Å². The van der Waals surface area contributed by atoms with Crippen molar-refractivity contribution in [2.45, 2.75) is 164 Å². The zero-order valence-electron chi connectivity index (χ0n) is 44.6. The number of aromatic nitrogens is 4. The van der Waals surface area contributed by atoms with Gasteiger partial charge in [-0.15, -0.1) is 47.3 Å². The third kappa shape index (κ3) is 15.2. The number of carbonyl (C=O) groups excluding carboxylic acids is 1. The Morgan fingerprint density at radius 1 is 0.945 bits per heavy atom. The third-order valence-corrected chi connectivity index (χ3v) is 25.6. The van der Waals surface area contributed by atoms with Gasteiger partial charge in [-0.2, -0.15) is 0 Å². The molecule has 1 aliphatic heterocycles. The molecule has 0 unspecified atom stereocenters. The molecule has 0 radical (unpaired) electrons. The lowest BCUT2D eigenvalue weighted by molar-refractivity contribution is 0.0419. The van der Waals surface area contributed by atoms with Gasteiger partial charge in [0.2, 0.25) is 10.0 Å². The van der Waals surface area contributed by atoms with Crippen LogP contribution in [0.2, 0.25) is 16.6 Å². The van der Waals surface area contributed by atoms with Crippen molar-refractivity contribution in [1.29, 1.82) is 0 Å². The lowest BCUT2D eigenvalue weighted by atomic mass is 9.71. The van der Waals surface area contributed by atoms with Crippen molar-refractivity contribution in [3.8, 4) is 5.75 Å². The number of sulfonamides is 1. The Labute approximate surface area is 464 Å². The highest BCUT2D eigenvalue weighted by Crippen LogP contribution is 2.48. The molecule has 0 aromatic carbocycles. The molecule has 406 valence electrons. The molecule has 21 heteroatoms. The fourth-order valence-electron chi connectivity index (χ4n) is 12.0. The van der Waals surface area contributed by atoms with Crippen molar-refractivity contribution in [3.63, 3.8) is 0 Å². The minimum atomic E-state index is -3.76. The van der Waals surface area contributed by atoms with E-state index in [2.05, 4.69) is 135 Å². The minimum Gasteiger partial charge on any atom is -0.531 e. The molecule has 0 saturated heterocycles. The molecule has 0 bridgehead atoms. The number of amides is 1. The van der Waals surface area contributed by atoms with Crippen LogP contribution in [0, 0.1) is 30.6 Å². The van der Waals surface area contributed by atoms with Gasteiger partial charge in [0, 0.05) is 41.5 Å². The van der Waals surface area contributed by atoms with Crippen molar-refractivity contribution < 1.29 is 36.0 Å². The molecule has 0 spiro atoms. The first-order chi connectivity index (χ1) is 33.6. The average molecular weight is 1260 g/mol. The molecule has 1 amide bonds. The van der Waals surface area contributed by atoms with Gasteiger partial charge in [0.25, 0.3) is 0 Å². The normalized spacial score (nSPS) is 19.8. The molecule has 7 rings (SSSR count). The van der Waals surface area contributed by atoms with Crippen LogP contribution in [-0.2, 0) is 24.6 Å². The van der Waals surface area contributed by atoms with Crippen LogP contribution in [0.5, 0.6) is 5.75 Å². The van der Waals surface area contributed by atoms with E-state index >= 15 is 0 Å². The van der Waals surface area contributed by atoms with Crippen molar-refractivity contribution in [2.24, 2.45) is 23.7 Å². The minimum absolute atomic E-state index is 0. The summed E-state index contributed by atoms with van der Waals surface area (Å²) in [6, 6.07) is 4.27. The molecule has 73 heavy (non-hydrogen) atoms. The lowest BCUT2D eigenvalue weighted by Gasteiger charge is -2.44. The van der Waals surface area contributed by atoms with Gasteiger partial charge in [0.15, 0.2) is 8.24 Å². The summed E-state index contributed by atoms with van der Waals surface area (Å²) in [4.78, 5) is 24.9. The van der Waals surface area contributed by atoms with Gasteiger partial charge in [-0.05, 0) is 173 Å². The number of ether oxygens (including phenoxy) is 1. The highest BCUT2D eigenvalue weighted by Gasteiger charge is 2.46. The molecule has 0 atom stereocenters. The topological polar surface area (TPSA) is 174 Å². The summed E-state index contributed by atoms with van der Waals surface area (Å²) in [6.45, 7) is 25.5. The molecular formula is C52H82B2Br3N5O8S2Si. The van der Waals surface area contributed by atoms with Crippen LogP contribution in [0.4, 0.5) is 4.79 Å². The number of aryl methyl sites for hydroxylation is 1. The Morgan fingerprint density at radius 2 is 1.51 bits per heavy atom. The third-order valence-electron chi connectivity index (χ3n) is 15.1. The number of hydrogen-bond donors (Lipinski definition) is 2. The number of H-pyrrole nitrogens is 1. The summed E-state index contributed by atoms with van der Waals surface area (Å²) in [5, 5.41) is 12.3. The molecule has 2 N–H and O–H groups in total. The van der Waals surface area contributed by atoms with Crippen molar-refractivity contribution in [3.05, 3.63) is 65.7 Å². The molecule has 2 fully saturated rings. The highest BCUT2D eigenvalue weighted by atomic mass is 79.9. The molecule has 4 aromatic heterocycles. The van der Waals surface area contributed by atoms with E-state index in [0.717, 1.165) is 83.5 Å². The number of nitrogens with one attached hydrogen (secondary N) is 1. The van der Waals surface area contributed by atoms with Gasteiger partial charge in [0.1, 0.15) is 32.5 Å². The van der Waals surface area contributed by atoms with Crippen LogP contribution >= 0.6 is 47.3 Å². The van der Waals surface area contributed by atoms with Gasteiger partial charge in [0.05, 0.1) is 17.7 Å². The second-order valence-corrected chi connectivity index (χ2v) is 38.4. The second-order valence-electron chi connectivity index (χ2n) is 21.8. The van der Waals surface area contributed by atoms with Gasteiger partial charge >= 0.3 is 16.4 Å². The number of hydrogen-bond acceptors (Lipinski definition) is 10. The van der Waals surface area contributed by atoms with Crippen LogP contribution < -0.4 is 4.65 Å². The van der Waals surface area contributed by atoms with Crippen molar-refractivity contribution in [2.75, 3.05) is 24.3 Å². The van der Waals surface area contributed by atoms with E-state index in [0.29, 0.717) is 40.0 Å². The number of carbonyl (C=O) groups is 1. The van der Waals surface area contributed by atoms with Crippen LogP contribution in [0.25, 0.3) is 33.2 Å². The van der Waals surface area contributed by atoms with Crippen LogP contribution in [-0.4, -0.2) is 99.9 Å². The number of fused-ring (bicyclic) bond motifs is 4. The first-order valence-corrected chi connectivity index (χ1v) is 33.9. The van der Waals surface area contributed by atoms with Crippen molar-refractivity contribution in [1.82, 2.24) is 23.5 Å². The van der Waals surface area contributed by atoms with Crippen LogP contribution in [0.15, 0.2) is 49.0 Å². The van der Waals surface area contributed by atoms with Crippen LogP contribution in [0.1, 0.15) is 152 Å². The molecule has 2 aliphatic carbocycles. The molecule has 13 nitrogen and oxygen atoms in total. The van der Waals surface area contributed by atoms with E-state index in [1.54, 1.807) is 39.9 Å². The number of pyridine rings is 2. The molecular weight excluding hydrogens is 1180 g/mol. The van der Waals surface area contributed by atoms with Gasteiger partial charge in [-0.1, -0.05) is 62.0 Å². The maximum atomic E-state index is 13.0. The summed E-state index contributed by atoms with van der Waals surface area (Å²) in [5.41, 5.74) is 8.79. The van der Waals surface area contributed by atoms with Gasteiger partial charge in [-0.25, -0.2) is 35.9 Å². The van der Waals surface area contributed by atoms with E-state index in [9.17, 15) is 26.7 Å². The predicted molar refractivity (Wildman–Crippen MR) is 320 cm³/mol. The second kappa shape index (κ2) is 26.3. The Hall–Kier alpha value is -2.42. The Balaban J connectivity index is 0.000000316. The lowest BCUT2D eigenvalue weighted by Crippen LogP contribution is -2.51. The number of sulfone groups is 1. The quantitative estimate of drug-likeness (QED) is 0.123. The summed E-state index contributed by atoms with van der Waals surface area (Å²) in [7, 11) is -8.31. The number of rotatable bonds is 13. The average Bonchev–Trinajstić information content (AvgIpc) is 3.95. The zero-order chi connectivity index (χ0) is 53.7. The van der Waals surface area contributed by atoms with E-state index in [1.165, 1.54) is 29.1 Å². The number of allylic oxidation sites excluding steroid dienone is 3. The van der Waals surface area contributed by atoms with E-state index in [1.807, 2.05) is 18.5 Å². The van der Waals surface area contributed by atoms with Crippen molar-refractivity contribution >= 4 is 125 Å². The van der Waals surface area contributed by atoms with E-state index in [4.69, 9.17) is 14.4 Å². The number of nitrogens with zero attached hydrogens (tertiary/aromatic N) is 4. The summed E-state index contributed by atoms with van der Waals surface area (Å²) in [6.07, 6.45) is 16.4. The monoisotopic (exact) mass is 1260 g/mol. The van der Waals surface area contributed by atoms with Gasteiger partial charge in [-0.3, -0.25) is 0 Å². The Bertz CT molecular complexity index is 2760. The molecule has 4 aromatic rings. The first-order valence-electron chi connectivity index (χ1n) is 25.6. The molecule has 2 saturated carbocycles. The fourth-order valence-corrected chi connectivity index (χ4v) is 21.3. The zero-order valence-corrected chi connectivity index (χ0v) is 52.0. The Kier molecular flexibility index (Phi) is 22.7. The molecule has 3 aliphatic rings. The summed E-state index contributed by atoms with van der Waals surface area (Å²) in [5.74, 6) is 3.79. The Morgan fingerprint density at radius 3 is 2.04 bits per heavy atom. The van der Waals surface area contributed by atoms with E-state index in [-0.39, 0.29) is 34.0 Å². The largest absolute Gasteiger partial charge is 0.552 e. The maximum Gasteiger partial charge on any atom is 0.552 e. The van der Waals surface area contributed by atoms with Crippen LogP contribution in [0.3, 0.4) is 0 Å². The first kappa shape index (κ1) is 63.1.